The van der Waals surface area contributed by atoms with Crippen LogP contribution in [-0.2, 0) is 4.74 Å². The first kappa shape index (κ1) is 10.7. The van der Waals surface area contributed by atoms with E-state index in [1.165, 1.54) is 0 Å². The minimum atomic E-state index is 0.291. The fourth-order valence-corrected chi connectivity index (χ4v) is 1.46. The maximum atomic E-state index is 5.30. The number of hydrazine groups is 1. The lowest BCUT2D eigenvalue weighted by Gasteiger charge is -2.33. The van der Waals surface area contributed by atoms with Gasteiger partial charge in [0.25, 0.3) is 0 Å². The molecule has 13 heavy (non-hydrogen) atoms. The molecule has 1 aliphatic rings. The first-order chi connectivity index (χ1) is 6.16. The van der Waals surface area contributed by atoms with Crippen LogP contribution in [0, 0.1) is 5.41 Å². The Bertz CT molecular complexity index is 180. The average molecular weight is 203 g/mol. The fraction of sp³-hybridized carbons (Fsp3) is 0.875. The largest absolute Gasteiger partial charge is 0.381 e. The second-order valence-electron chi connectivity index (χ2n) is 3.75. The van der Waals surface area contributed by atoms with E-state index in [1.54, 1.807) is 0 Å². The van der Waals surface area contributed by atoms with Crippen molar-refractivity contribution in [3.05, 3.63) is 0 Å². The molecule has 1 saturated heterocycles. The lowest BCUT2D eigenvalue weighted by Crippen LogP contribution is -2.45. The Morgan fingerprint density at radius 2 is 2.15 bits per heavy atom. The summed E-state index contributed by atoms with van der Waals surface area (Å²) in [7, 11) is 0. The highest BCUT2D eigenvalue weighted by Gasteiger charge is 2.27. The third kappa shape index (κ3) is 3.46. The zero-order chi connectivity index (χ0) is 9.73. The molecule has 5 heteroatoms. The number of rotatable bonds is 2. The highest BCUT2D eigenvalue weighted by atomic mass is 32.1. The minimum absolute atomic E-state index is 0.291. The summed E-state index contributed by atoms with van der Waals surface area (Å²) < 4.78 is 5.30. The predicted octanol–water partition coefficient (Wildman–Crippen LogP) is 0.141. The molecule has 1 aliphatic heterocycles. The van der Waals surface area contributed by atoms with E-state index in [1.807, 2.05) is 0 Å². The predicted molar refractivity (Wildman–Crippen MR) is 56.1 cm³/mol. The summed E-state index contributed by atoms with van der Waals surface area (Å²) in [4.78, 5) is 0. The van der Waals surface area contributed by atoms with E-state index in [0.29, 0.717) is 10.5 Å². The van der Waals surface area contributed by atoms with Gasteiger partial charge < -0.3 is 15.5 Å². The Labute approximate surface area is 84.2 Å². The van der Waals surface area contributed by atoms with E-state index in [2.05, 4.69) is 17.7 Å². The summed E-state index contributed by atoms with van der Waals surface area (Å²) in [6.45, 7) is 4.79. The Balaban J connectivity index is 2.28. The molecule has 0 radical (unpaired) electrons. The second kappa shape index (κ2) is 4.74. The highest BCUT2D eigenvalue weighted by molar-refractivity contribution is 7.80. The molecule has 0 aromatic heterocycles. The summed E-state index contributed by atoms with van der Waals surface area (Å²) >= 11 is 4.89. The molecule has 0 bridgehead atoms. The third-order valence-corrected chi connectivity index (χ3v) is 2.77. The molecule has 0 aromatic rings. The van der Waals surface area contributed by atoms with Crippen molar-refractivity contribution in [1.29, 1.82) is 0 Å². The Morgan fingerprint density at radius 3 is 2.69 bits per heavy atom. The highest BCUT2D eigenvalue weighted by Crippen LogP contribution is 2.28. The van der Waals surface area contributed by atoms with Crippen molar-refractivity contribution in [2.24, 2.45) is 11.3 Å². The lowest BCUT2D eigenvalue weighted by atomic mass is 9.82. The van der Waals surface area contributed by atoms with Gasteiger partial charge in [0.15, 0.2) is 5.11 Å². The molecule has 76 valence electrons. The van der Waals surface area contributed by atoms with Crippen molar-refractivity contribution in [1.82, 2.24) is 10.7 Å². The van der Waals surface area contributed by atoms with Gasteiger partial charge in [-0.25, -0.2) is 5.84 Å². The van der Waals surface area contributed by atoms with Crippen LogP contribution in [0.4, 0.5) is 0 Å². The van der Waals surface area contributed by atoms with Crippen LogP contribution in [0.2, 0.25) is 0 Å². The van der Waals surface area contributed by atoms with Gasteiger partial charge in [-0.2, -0.15) is 0 Å². The number of nitrogens with one attached hydrogen (secondary N) is 2. The quantitative estimate of drug-likeness (QED) is 0.338. The number of thiocarbonyl (C=S) groups is 1. The number of hydrogen-bond donors (Lipinski definition) is 3. The summed E-state index contributed by atoms with van der Waals surface area (Å²) in [5.41, 5.74) is 2.70. The van der Waals surface area contributed by atoms with Gasteiger partial charge >= 0.3 is 0 Å². The molecule has 0 aliphatic carbocycles. The minimum Gasteiger partial charge on any atom is -0.381 e. The van der Waals surface area contributed by atoms with Crippen LogP contribution in [0.1, 0.15) is 19.8 Å². The lowest BCUT2D eigenvalue weighted by molar-refractivity contribution is 0.0261. The van der Waals surface area contributed by atoms with E-state index in [-0.39, 0.29) is 0 Å². The molecule has 0 atom stereocenters. The van der Waals surface area contributed by atoms with Gasteiger partial charge in [-0.1, -0.05) is 6.92 Å². The number of nitrogens with two attached hydrogens (primary N) is 1. The Hall–Kier alpha value is -0.390. The maximum absolute atomic E-state index is 5.30. The van der Waals surface area contributed by atoms with Gasteiger partial charge in [0, 0.05) is 19.8 Å². The maximum Gasteiger partial charge on any atom is 0.180 e. The fourth-order valence-electron chi connectivity index (χ4n) is 1.39. The second-order valence-corrected chi connectivity index (χ2v) is 4.16. The van der Waals surface area contributed by atoms with Gasteiger partial charge in [0.2, 0.25) is 0 Å². The van der Waals surface area contributed by atoms with Gasteiger partial charge in [-0.3, -0.25) is 0 Å². The normalized spacial score (nSPS) is 20.8. The van der Waals surface area contributed by atoms with Crippen LogP contribution >= 0.6 is 12.2 Å². The average Bonchev–Trinajstić information content (AvgIpc) is 2.15. The monoisotopic (exact) mass is 203 g/mol. The van der Waals surface area contributed by atoms with Gasteiger partial charge in [0.05, 0.1) is 0 Å². The summed E-state index contributed by atoms with van der Waals surface area (Å²) in [5.74, 6) is 5.15. The Morgan fingerprint density at radius 1 is 1.54 bits per heavy atom. The zero-order valence-corrected chi connectivity index (χ0v) is 8.75. The van der Waals surface area contributed by atoms with Crippen LogP contribution in [0.25, 0.3) is 0 Å². The Kier molecular flexibility index (Phi) is 3.90. The van der Waals surface area contributed by atoms with Gasteiger partial charge in [0.1, 0.15) is 0 Å². The molecular formula is C8H17N3OS. The van der Waals surface area contributed by atoms with Crippen LogP contribution in [0.5, 0.6) is 0 Å². The van der Waals surface area contributed by atoms with Gasteiger partial charge in [-0.05, 0) is 30.5 Å². The molecule has 1 heterocycles. The summed E-state index contributed by atoms with van der Waals surface area (Å²) in [5, 5.41) is 3.59. The molecule has 4 N–H and O–H groups in total. The molecule has 4 nitrogen and oxygen atoms in total. The summed E-state index contributed by atoms with van der Waals surface area (Å²) in [6, 6.07) is 0. The molecule has 0 saturated carbocycles. The topological polar surface area (TPSA) is 59.3 Å². The van der Waals surface area contributed by atoms with Crippen LogP contribution in [0.3, 0.4) is 0 Å². The van der Waals surface area contributed by atoms with E-state index >= 15 is 0 Å². The van der Waals surface area contributed by atoms with E-state index < -0.39 is 0 Å². The number of ether oxygens (including phenoxy) is 1. The SMILES string of the molecule is CC1(CNC(=S)NN)CCOCC1. The molecule has 0 spiro atoms. The first-order valence-electron chi connectivity index (χ1n) is 4.48. The van der Waals surface area contributed by atoms with Crippen molar-refractivity contribution in [3.8, 4) is 0 Å². The number of hydrogen-bond acceptors (Lipinski definition) is 3. The van der Waals surface area contributed by atoms with E-state index in [4.69, 9.17) is 22.8 Å². The van der Waals surface area contributed by atoms with Crippen molar-refractivity contribution in [3.63, 3.8) is 0 Å². The van der Waals surface area contributed by atoms with E-state index in [9.17, 15) is 0 Å². The van der Waals surface area contributed by atoms with Crippen molar-refractivity contribution in [2.45, 2.75) is 19.8 Å². The molecule has 0 aromatic carbocycles. The van der Waals surface area contributed by atoms with Crippen LogP contribution < -0.4 is 16.6 Å². The van der Waals surface area contributed by atoms with Crippen molar-refractivity contribution in [2.75, 3.05) is 19.8 Å². The van der Waals surface area contributed by atoms with Crippen LogP contribution in [0.15, 0.2) is 0 Å². The molecule has 0 amide bonds. The molecular weight excluding hydrogens is 186 g/mol. The zero-order valence-electron chi connectivity index (χ0n) is 7.93. The molecule has 1 fully saturated rings. The van der Waals surface area contributed by atoms with Crippen molar-refractivity contribution >= 4 is 17.3 Å². The molecule has 1 rings (SSSR count). The molecule has 0 unspecified atom stereocenters. The summed E-state index contributed by atoms with van der Waals surface area (Å²) in [6.07, 6.45) is 2.15. The third-order valence-electron chi connectivity index (χ3n) is 2.51. The van der Waals surface area contributed by atoms with Crippen molar-refractivity contribution < 1.29 is 4.74 Å². The smallest absolute Gasteiger partial charge is 0.180 e. The standard InChI is InChI=1S/C8H17N3OS/c1-8(2-4-12-5-3-8)6-10-7(13)11-9/h2-6,9H2,1H3,(H2,10,11,13). The van der Waals surface area contributed by atoms with Crippen LogP contribution in [-0.4, -0.2) is 24.9 Å². The first-order valence-corrected chi connectivity index (χ1v) is 4.89. The van der Waals surface area contributed by atoms with Gasteiger partial charge in [-0.15, -0.1) is 0 Å². The van der Waals surface area contributed by atoms with E-state index in [0.717, 1.165) is 32.6 Å².